The van der Waals surface area contributed by atoms with E-state index in [4.69, 9.17) is 0 Å². The molecule has 2 unspecified atom stereocenters. The van der Waals surface area contributed by atoms with Crippen LogP contribution in [0.15, 0.2) is 0 Å². The van der Waals surface area contributed by atoms with Crippen molar-refractivity contribution in [2.45, 2.75) is 31.3 Å². The number of nitrogens with one attached hydrogen (secondary N) is 1. The Morgan fingerprint density at radius 1 is 1.10 bits per heavy atom. The van der Waals surface area contributed by atoms with Crippen LogP contribution in [0.5, 0.6) is 0 Å². The summed E-state index contributed by atoms with van der Waals surface area (Å²) in [6.07, 6.45) is 1.34. The zero-order valence-corrected chi connectivity index (χ0v) is 13.7. The molecule has 0 spiro atoms. The fourth-order valence-electron chi connectivity index (χ4n) is 2.80. The molecule has 9 heteroatoms. The molecule has 0 aromatic rings. The van der Waals surface area contributed by atoms with Crippen LogP contribution in [0, 0.1) is 0 Å². The van der Waals surface area contributed by atoms with Crippen molar-refractivity contribution < 1.29 is 21.6 Å². The number of amides is 1. The zero-order chi connectivity index (χ0) is 15.7. The third-order valence-electron chi connectivity index (χ3n) is 4.15. The molecule has 2 aliphatic rings. The fraction of sp³-hybridized carbons (Fsp3) is 0.917. The van der Waals surface area contributed by atoms with Gasteiger partial charge in [-0.25, -0.2) is 16.8 Å². The van der Waals surface area contributed by atoms with E-state index in [1.165, 1.54) is 4.90 Å². The van der Waals surface area contributed by atoms with E-state index in [1.54, 1.807) is 7.05 Å². The van der Waals surface area contributed by atoms with Crippen molar-refractivity contribution in [3.05, 3.63) is 0 Å². The number of carbonyl (C=O) groups excluding carboxylic acids is 1. The molecule has 7 nitrogen and oxygen atoms in total. The zero-order valence-electron chi connectivity index (χ0n) is 12.1. The highest BCUT2D eigenvalue weighted by atomic mass is 32.2. The smallest absolute Gasteiger partial charge is 0.223 e. The van der Waals surface area contributed by atoms with E-state index < -0.39 is 19.7 Å². The largest absolute Gasteiger partial charge is 0.342 e. The Balaban J connectivity index is 1.72. The molecule has 2 aliphatic heterocycles. The molecular formula is C12H22N2O5S2. The molecular weight excluding hydrogens is 316 g/mol. The number of sulfone groups is 2. The van der Waals surface area contributed by atoms with Crippen LogP contribution in [0.25, 0.3) is 0 Å². The van der Waals surface area contributed by atoms with Crippen LogP contribution in [0.3, 0.4) is 0 Å². The molecule has 2 fully saturated rings. The third-order valence-corrected chi connectivity index (χ3v) is 7.67. The number of rotatable bonds is 5. The van der Waals surface area contributed by atoms with Crippen molar-refractivity contribution in [3.63, 3.8) is 0 Å². The molecule has 0 aromatic heterocycles. The first kappa shape index (κ1) is 16.7. The highest BCUT2D eigenvalue weighted by Gasteiger charge is 2.32. The topological polar surface area (TPSA) is 101 Å². The van der Waals surface area contributed by atoms with Gasteiger partial charge in [0, 0.05) is 32.1 Å². The Morgan fingerprint density at radius 3 is 2.24 bits per heavy atom. The first-order valence-corrected chi connectivity index (χ1v) is 10.7. The SMILES string of the molecule is CN(C(=O)CCNC1CCS(=O)(=O)C1)C1CCS(=O)(=O)C1. The molecule has 0 radical (unpaired) electrons. The van der Waals surface area contributed by atoms with Gasteiger partial charge in [-0.05, 0) is 12.8 Å². The summed E-state index contributed by atoms with van der Waals surface area (Å²) in [6, 6.07) is -0.297. The van der Waals surface area contributed by atoms with Gasteiger partial charge in [0.2, 0.25) is 5.91 Å². The average Bonchev–Trinajstić information content (AvgIpc) is 2.90. The van der Waals surface area contributed by atoms with Gasteiger partial charge in [-0.3, -0.25) is 4.79 Å². The summed E-state index contributed by atoms with van der Waals surface area (Å²) in [5.74, 6) is 0.429. The second-order valence-electron chi connectivity index (χ2n) is 5.87. The maximum atomic E-state index is 12.0. The summed E-state index contributed by atoms with van der Waals surface area (Å²) < 4.78 is 45.4. The monoisotopic (exact) mass is 338 g/mol. The quantitative estimate of drug-likeness (QED) is 0.676. The van der Waals surface area contributed by atoms with Gasteiger partial charge >= 0.3 is 0 Å². The van der Waals surface area contributed by atoms with Crippen LogP contribution in [-0.4, -0.2) is 76.3 Å². The number of hydrogen-bond acceptors (Lipinski definition) is 6. The highest BCUT2D eigenvalue weighted by Crippen LogP contribution is 2.17. The second-order valence-corrected chi connectivity index (χ2v) is 10.3. The van der Waals surface area contributed by atoms with Crippen LogP contribution in [0.1, 0.15) is 19.3 Å². The summed E-state index contributed by atoms with van der Waals surface area (Å²) in [7, 11) is -4.28. The van der Waals surface area contributed by atoms with Crippen LogP contribution < -0.4 is 5.32 Å². The van der Waals surface area contributed by atoms with E-state index >= 15 is 0 Å². The Bertz CT molecular complexity index is 599. The molecule has 21 heavy (non-hydrogen) atoms. The minimum atomic E-state index is -3.00. The molecule has 1 N–H and O–H groups in total. The third kappa shape index (κ3) is 4.65. The fourth-order valence-corrected chi connectivity index (χ4v) is 6.28. The van der Waals surface area contributed by atoms with Crippen molar-refractivity contribution in [3.8, 4) is 0 Å². The van der Waals surface area contributed by atoms with Gasteiger partial charge in [-0.2, -0.15) is 0 Å². The Kier molecular flexibility index (Phi) is 4.94. The highest BCUT2D eigenvalue weighted by molar-refractivity contribution is 7.91. The molecule has 122 valence electrons. The van der Waals surface area contributed by atoms with Crippen molar-refractivity contribution >= 4 is 25.6 Å². The molecule has 1 amide bonds. The molecule has 0 saturated carbocycles. The van der Waals surface area contributed by atoms with Gasteiger partial charge < -0.3 is 10.2 Å². The molecule has 0 aromatic carbocycles. The van der Waals surface area contributed by atoms with E-state index in [2.05, 4.69) is 5.32 Å². The summed E-state index contributed by atoms with van der Waals surface area (Å²) >= 11 is 0. The lowest BCUT2D eigenvalue weighted by molar-refractivity contribution is -0.131. The van der Waals surface area contributed by atoms with Crippen molar-refractivity contribution in [2.24, 2.45) is 0 Å². The molecule has 2 atom stereocenters. The lowest BCUT2D eigenvalue weighted by atomic mass is 10.2. The van der Waals surface area contributed by atoms with E-state index in [0.717, 1.165) is 0 Å². The van der Waals surface area contributed by atoms with Crippen LogP contribution >= 0.6 is 0 Å². The van der Waals surface area contributed by atoms with Crippen LogP contribution in [0.2, 0.25) is 0 Å². The molecule has 2 heterocycles. The number of hydrogen-bond donors (Lipinski definition) is 1. The summed E-state index contributed by atoms with van der Waals surface area (Å²) in [4.78, 5) is 13.5. The van der Waals surface area contributed by atoms with Gasteiger partial charge in [0.15, 0.2) is 19.7 Å². The molecule has 2 saturated heterocycles. The van der Waals surface area contributed by atoms with Crippen molar-refractivity contribution in [1.29, 1.82) is 0 Å². The number of carbonyl (C=O) groups is 1. The van der Waals surface area contributed by atoms with Crippen LogP contribution in [-0.2, 0) is 24.5 Å². The van der Waals surface area contributed by atoms with Gasteiger partial charge in [-0.15, -0.1) is 0 Å². The lowest BCUT2D eigenvalue weighted by Gasteiger charge is -2.23. The van der Waals surface area contributed by atoms with Crippen molar-refractivity contribution in [2.75, 3.05) is 36.6 Å². The Hall–Kier alpha value is -0.670. The molecule has 0 bridgehead atoms. The predicted octanol–water partition coefficient (Wildman–Crippen LogP) is -1.20. The first-order valence-electron chi connectivity index (χ1n) is 7.08. The van der Waals surface area contributed by atoms with E-state index in [-0.39, 0.29) is 47.4 Å². The normalized spacial score (nSPS) is 30.3. The molecule has 0 aliphatic carbocycles. The Morgan fingerprint density at radius 2 is 1.71 bits per heavy atom. The standard InChI is InChI=1S/C12H22N2O5S2/c1-14(11-4-7-21(18,19)9-11)12(15)2-5-13-10-3-6-20(16,17)8-10/h10-11,13H,2-9H2,1H3. The minimum Gasteiger partial charge on any atom is -0.342 e. The lowest BCUT2D eigenvalue weighted by Crippen LogP contribution is -2.40. The molecule has 2 rings (SSSR count). The summed E-state index contributed by atoms with van der Waals surface area (Å²) in [6.45, 7) is 0.419. The van der Waals surface area contributed by atoms with Gasteiger partial charge in [0.05, 0.1) is 23.0 Å². The number of nitrogens with zero attached hydrogens (tertiary/aromatic N) is 1. The van der Waals surface area contributed by atoms with E-state index in [0.29, 0.717) is 19.4 Å². The summed E-state index contributed by atoms with van der Waals surface area (Å²) in [5, 5.41) is 3.08. The minimum absolute atomic E-state index is 0.0452. The maximum absolute atomic E-state index is 12.0. The van der Waals surface area contributed by atoms with E-state index in [1.807, 2.05) is 0 Å². The second kappa shape index (κ2) is 6.21. The van der Waals surface area contributed by atoms with Gasteiger partial charge in [0.25, 0.3) is 0 Å². The predicted molar refractivity (Wildman–Crippen MR) is 79.5 cm³/mol. The van der Waals surface area contributed by atoms with Gasteiger partial charge in [-0.1, -0.05) is 0 Å². The van der Waals surface area contributed by atoms with Crippen LogP contribution in [0.4, 0.5) is 0 Å². The van der Waals surface area contributed by atoms with Crippen molar-refractivity contribution in [1.82, 2.24) is 10.2 Å². The average molecular weight is 338 g/mol. The summed E-state index contributed by atoms with van der Waals surface area (Å²) in [5.41, 5.74) is 0. The first-order chi connectivity index (χ1) is 9.69. The maximum Gasteiger partial charge on any atom is 0.223 e. The van der Waals surface area contributed by atoms with E-state index in [9.17, 15) is 21.6 Å². The van der Waals surface area contributed by atoms with Gasteiger partial charge in [0.1, 0.15) is 0 Å². The Labute approximate surface area is 125 Å².